The summed E-state index contributed by atoms with van der Waals surface area (Å²) in [5.41, 5.74) is 4.73. The third-order valence-corrected chi connectivity index (χ3v) is 13.1. The van der Waals surface area contributed by atoms with E-state index in [0.717, 1.165) is 107 Å². The van der Waals surface area contributed by atoms with Gasteiger partial charge in [-0.25, -0.2) is 4.85 Å². The van der Waals surface area contributed by atoms with Gasteiger partial charge in [-0.05, 0) is 74.2 Å². The molecule has 1 spiro atoms. The summed E-state index contributed by atoms with van der Waals surface area (Å²) in [6, 6.07) is 18.3. The zero-order chi connectivity index (χ0) is 38.7. The van der Waals surface area contributed by atoms with Gasteiger partial charge in [0.15, 0.2) is 0 Å². The summed E-state index contributed by atoms with van der Waals surface area (Å²) in [5.74, 6) is -1.89. The SMILES string of the molecule is [C-]#[N+]c1ccc(N2CCC3(CCN(C(=O)c4ccc(N5CCN(C6CCN(c7cccc8c7C(=O)N(C7CCC(=O)NC7=O)C8=O)C6)CC5)cc4)C3)C2)cc1Cl. The molecular formula is C42H43ClN8O5. The second kappa shape index (κ2) is 14.2. The van der Waals surface area contributed by atoms with E-state index in [-0.39, 0.29) is 24.2 Å². The Bertz CT molecular complexity index is 2180. The summed E-state index contributed by atoms with van der Waals surface area (Å²) in [4.78, 5) is 80.9. The molecule has 288 valence electrons. The zero-order valence-electron chi connectivity index (χ0n) is 31.1. The third-order valence-electron chi connectivity index (χ3n) is 12.8. The molecule has 0 radical (unpaired) electrons. The van der Waals surface area contributed by atoms with E-state index in [4.69, 9.17) is 18.2 Å². The number of imide groups is 2. The number of hydrogen-bond acceptors (Lipinski definition) is 9. The summed E-state index contributed by atoms with van der Waals surface area (Å²) in [5, 5.41) is 2.74. The molecule has 3 unspecified atom stereocenters. The van der Waals surface area contributed by atoms with E-state index in [0.29, 0.717) is 33.4 Å². The number of nitrogens with one attached hydrogen (secondary N) is 1. The topological polar surface area (TPSA) is 121 Å². The fourth-order valence-electron chi connectivity index (χ4n) is 9.74. The van der Waals surface area contributed by atoms with Gasteiger partial charge in [-0.2, -0.15) is 0 Å². The molecule has 13 nitrogen and oxygen atoms in total. The molecule has 5 amide bonds. The molecule has 3 aromatic rings. The van der Waals surface area contributed by atoms with Crippen LogP contribution in [-0.2, 0) is 9.59 Å². The molecule has 0 saturated carbocycles. The van der Waals surface area contributed by atoms with Crippen molar-refractivity contribution in [2.45, 2.75) is 44.2 Å². The first-order chi connectivity index (χ1) is 27.1. The van der Waals surface area contributed by atoms with Crippen molar-refractivity contribution in [1.29, 1.82) is 0 Å². The molecule has 6 heterocycles. The number of likely N-dealkylation sites (tertiary alicyclic amines) is 1. The maximum Gasteiger partial charge on any atom is 0.264 e. The van der Waals surface area contributed by atoms with Crippen LogP contribution >= 0.6 is 11.6 Å². The smallest absolute Gasteiger partial charge is 0.264 e. The van der Waals surface area contributed by atoms with Gasteiger partial charge < -0.3 is 19.6 Å². The second-order valence-electron chi connectivity index (χ2n) is 16.0. The van der Waals surface area contributed by atoms with Crippen LogP contribution in [0.3, 0.4) is 0 Å². The van der Waals surface area contributed by atoms with Gasteiger partial charge in [0.05, 0.1) is 23.4 Å². The minimum atomic E-state index is -0.988. The van der Waals surface area contributed by atoms with Crippen LogP contribution in [0.1, 0.15) is 63.2 Å². The molecule has 6 aliphatic rings. The molecule has 14 heteroatoms. The van der Waals surface area contributed by atoms with Crippen molar-refractivity contribution in [1.82, 2.24) is 20.0 Å². The number of rotatable bonds is 6. The molecule has 5 fully saturated rings. The van der Waals surface area contributed by atoms with Crippen molar-refractivity contribution in [2.24, 2.45) is 5.41 Å². The van der Waals surface area contributed by atoms with Crippen LogP contribution in [0.4, 0.5) is 22.7 Å². The van der Waals surface area contributed by atoms with E-state index < -0.39 is 29.7 Å². The lowest BCUT2D eigenvalue weighted by molar-refractivity contribution is -0.136. The van der Waals surface area contributed by atoms with Gasteiger partial charge in [0, 0.05) is 105 Å². The van der Waals surface area contributed by atoms with E-state index in [9.17, 15) is 24.0 Å². The standard InChI is InChI=1S/C42H43ClN8O5/c1-44-33-10-9-29(23-32(33)43)49-17-14-42(25-49)15-18-50(26-42)39(54)27-5-7-28(8-6-27)46-19-21-47(22-20-46)30-13-16-48(24-30)34-4-2-3-31-37(34)41(56)51(40(31)55)35-11-12-36(52)45-38(35)53/h2-10,23,30,35H,11-22,24-26H2,(H,45,52,53). The number of piperazine rings is 1. The van der Waals surface area contributed by atoms with Crippen LogP contribution in [0, 0.1) is 12.0 Å². The number of fused-ring (bicyclic) bond motifs is 1. The maximum absolute atomic E-state index is 13.7. The molecule has 56 heavy (non-hydrogen) atoms. The monoisotopic (exact) mass is 774 g/mol. The number of hydrogen-bond donors (Lipinski definition) is 1. The van der Waals surface area contributed by atoms with Crippen LogP contribution in [0.5, 0.6) is 0 Å². The molecule has 0 bridgehead atoms. The molecule has 0 aromatic heterocycles. The van der Waals surface area contributed by atoms with Gasteiger partial charge in [-0.1, -0.05) is 23.7 Å². The number of piperidine rings is 1. The largest absolute Gasteiger partial charge is 0.371 e. The van der Waals surface area contributed by atoms with E-state index >= 15 is 0 Å². The Kier molecular flexibility index (Phi) is 9.21. The first-order valence-electron chi connectivity index (χ1n) is 19.5. The van der Waals surface area contributed by atoms with Gasteiger partial charge in [-0.15, -0.1) is 0 Å². The minimum Gasteiger partial charge on any atom is -0.371 e. The highest BCUT2D eigenvalue weighted by molar-refractivity contribution is 6.33. The lowest BCUT2D eigenvalue weighted by atomic mass is 9.86. The van der Waals surface area contributed by atoms with Crippen LogP contribution < -0.4 is 20.0 Å². The minimum absolute atomic E-state index is 0.0626. The van der Waals surface area contributed by atoms with Crippen LogP contribution in [0.15, 0.2) is 60.7 Å². The number of halogens is 1. The molecular weight excluding hydrogens is 732 g/mol. The van der Waals surface area contributed by atoms with Gasteiger partial charge in [0.25, 0.3) is 17.7 Å². The van der Waals surface area contributed by atoms with Gasteiger partial charge in [0.2, 0.25) is 17.5 Å². The van der Waals surface area contributed by atoms with Crippen LogP contribution in [0.25, 0.3) is 4.85 Å². The van der Waals surface area contributed by atoms with E-state index in [1.807, 2.05) is 35.2 Å². The summed E-state index contributed by atoms with van der Waals surface area (Å²) >= 11 is 6.33. The maximum atomic E-state index is 13.7. The quantitative estimate of drug-likeness (QED) is 0.287. The highest BCUT2D eigenvalue weighted by Crippen LogP contribution is 2.43. The Morgan fingerprint density at radius 3 is 2.32 bits per heavy atom. The fourth-order valence-corrected chi connectivity index (χ4v) is 9.96. The van der Waals surface area contributed by atoms with Crippen molar-refractivity contribution in [3.05, 3.63) is 93.8 Å². The highest BCUT2D eigenvalue weighted by atomic mass is 35.5. The lowest BCUT2D eigenvalue weighted by Crippen LogP contribution is -2.54. The first-order valence-corrected chi connectivity index (χ1v) is 19.9. The normalized spacial score (nSPS) is 25.4. The predicted molar refractivity (Wildman–Crippen MR) is 211 cm³/mol. The molecule has 1 N–H and O–H groups in total. The predicted octanol–water partition coefficient (Wildman–Crippen LogP) is 4.44. The fraction of sp³-hybridized carbons (Fsp3) is 0.429. The Morgan fingerprint density at radius 1 is 0.804 bits per heavy atom. The summed E-state index contributed by atoms with van der Waals surface area (Å²) in [6.07, 6.45) is 3.13. The van der Waals surface area contributed by atoms with Crippen molar-refractivity contribution < 1.29 is 24.0 Å². The Balaban J connectivity index is 0.779. The molecule has 0 aliphatic carbocycles. The average molecular weight is 775 g/mol. The Labute approximate surface area is 330 Å². The number of carbonyl (C=O) groups is 5. The summed E-state index contributed by atoms with van der Waals surface area (Å²) in [7, 11) is 0. The van der Waals surface area contributed by atoms with Crippen LogP contribution in [0.2, 0.25) is 5.02 Å². The van der Waals surface area contributed by atoms with Crippen LogP contribution in [-0.4, -0.2) is 122 Å². The highest BCUT2D eigenvalue weighted by Gasteiger charge is 2.47. The van der Waals surface area contributed by atoms with Crippen molar-refractivity contribution in [3.8, 4) is 0 Å². The van der Waals surface area contributed by atoms with Crippen molar-refractivity contribution in [3.63, 3.8) is 0 Å². The number of benzene rings is 3. The zero-order valence-corrected chi connectivity index (χ0v) is 31.8. The summed E-state index contributed by atoms with van der Waals surface area (Å²) in [6.45, 7) is 15.5. The first kappa shape index (κ1) is 36.2. The number of nitrogens with zero attached hydrogens (tertiary/aromatic N) is 7. The van der Waals surface area contributed by atoms with E-state index in [1.165, 1.54) is 0 Å². The molecule has 6 aliphatic heterocycles. The third kappa shape index (κ3) is 6.34. The number of carbonyl (C=O) groups excluding carboxylic acids is 5. The molecule has 5 saturated heterocycles. The van der Waals surface area contributed by atoms with Crippen molar-refractivity contribution >= 4 is 63.9 Å². The average Bonchev–Trinajstić information content (AvgIpc) is 4.02. The molecule has 9 rings (SSSR count). The Morgan fingerprint density at radius 2 is 1.57 bits per heavy atom. The lowest BCUT2D eigenvalue weighted by Gasteiger charge is -2.39. The van der Waals surface area contributed by atoms with Gasteiger partial charge in [0.1, 0.15) is 6.04 Å². The van der Waals surface area contributed by atoms with E-state index in [2.05, 4.69) is 41.9 Å². The summed E-state index contributed by atoms with van der Waals surface area (Å²) < 4.78 is 0. The molecule has 3 atom stereocenters. The Hall–Kier alpha value is -5.45. The van der Waals surface area contributed by atoms with E-state index in [1.54, 1.807) is 18.2 Å². The van der Waals surface area contributed by atoms with Gasteiger partial charge in [-0.3, -0.25) is 39.1 Å². The number of amides is 5. The second-order valence-corrected chi connectivity index (χ2v) is 16.4. The molecule has 3 aromatic carbocycles. The van der Waals surface area contributed by atoms with Gasteiger partial charge >= 0.3 is 0 Å². The number of anilines is 3. The van der Waals surface area contributed by atoms with Crippen molar-refractivity contribution in [2.75, 3.05) is 80.1 Å².